The molecule has 0 aliphatic rings. The summed E-state index contributed by atoms with van der Waals surface area (Å²) in [6.07, 6.45) is -0.709. The van der Waals surface area contributed by atoms with Crippen molar-refractivity contribution in [1.29, 1.82) is 0 Å². The number of methoxy groups -OCH3 is 1. The molecule has 2 amide bonds. The molecule has 0 spiro atoms. The summed E-state index contributed by atoms with van der Waals surface area (Å²) in [5, 5.41) is 2.57. The van der Waals surface area contributed by atoms with E-state index in [1.54, 1.807) is 38.3 Å². The van der Waals surface area contributed by atoms with Crippen molar-refractivity contribution in [2.45, 2.75) is 19.4 Å². The maximum absolute atomic E-state index is 12.1. The second-order valence-electron chi connectivity index (χ2n) is 6.14. The molecule has 2 aromatic carbocycles. The first-order valence-electron chi connectivity index (χ1n) is 8.94. The third-order valence-corrected chi connectivity index (χ3v) is 4.85. The summed E-state index contributed by atoms with van der Waals surface area (Å²) in [6, 6.07) is 16.6. The lowest BCUT2D eigenvalue weighted by atomic mass is 10.2. The van der Waals surface area contributed by atoms with Gasteiger partial charge in [0, 0.05) is 10.9 Å². The quantitative estimate of drug-likeness (QED) is 0.584. The van der Waals surface area contributed by atoms with Crippen molar-refractivity contribution >= 4 is 23.2 Å². The Morgan fingerprint density at radius 1 is 1.03 bits per heavy atom. The number of ether oxygens (including phenoxy) is 2. The van der Waals surface area contributed by atoms with Gasteiger partial charge in [-0.3, -0.25) is 20.4 Å². The van der Waals surface area contributed by atoms with Crippen molar-refractivity contribution in [3.63, 3.8) is 0 Å². The maximum Gasteiger partial charge on any atom is 0.279 e. The monoisotopic (exact) mass is 411 g/mol. The Balaban J connectivity index is 1.46. The van der Waals surface area contributed by atoms with Crippen LogP contribution in [0.1, 0.15) is 11.9 Å². The Kier molecular flexibility index (Phi) is 6.80. The molecule has 2 N–H and O–H groups in total. The van der Waals surface area contributed by atoms with Crippen LogP contribution in [0.3, 0.4) is 0 Å². The van der Waals surface area contributed by atoms with Gasteiger partial charge in [0.25, 0.3) is 5.91 Å². The SMILES string of the molecule is COc1ccc(OC(C)C(=O)NNC(=O)Cc2nc(-c3ccccc3)cs2)cc1. The highest BCUT2D eigenvalue weighted by atomic mass is 32.1. The molecule has 7 nitrogen and oxygen atoms in total. The number of nitrogens with one attached hydrogen (secondary N) is 2. The molecule has 3 rings (SSSR count). The van der Waals surface area contributed by atoms with E-state index in [0.717, 1.165) is 11.3 Å². The maximum atomic E-state index is 12.1. The summed E-state index contributed by atoms with van der Waals surface area (Å²) in [5.41, 5.74) is 6.58. The summed E-state index contributed by atoms with van der Waals surface area (Å²) in [7, 11) is 1.57. The van der Waals surface area contributed by atoms with Gasteiger partial charge in [-0.1, -0.05) is 30.3 Å². The number of rotatable bonds is 7. The number of aromatic nitrogens is 1. The molecule has 0 saturated carbocycles. The van der Waals surface area contributed by atoms with Crippen molar-refractivity contribution in [3.8, 4) is 22.8 Å². The van der Waals surface area contributed by atoms with Crippen LogP contribution >= 0.6 is 11.3 Å². The summed E-state index contributed by atoms with van der Waals surface area (Å²) < 4.78 is 10.6. The predicted octanol–water partition coefficient (Wildman–Crippen LogP) is 2.98. The average molecular weight is 411 g/mol. The van der Waals surface area contributed by atoms with Crippen molar-refractivity contribution < 1.29 is 19.1 Å². The molecular weight excluding hydrogens is 390 g/mol. The van der Waals surface area contributed by atoms with Crippen LogP contribution in [-0.4, -0.2) is 30.0 Å². The number of thiazole rings is 1. The van der Waals surface area contributed by atoms with Crippen molar-refractivity contribution in [2.24, 2.45) is 0 Å². The van der Waals surface area contributed by atoms with Gasteiger partial charge >= 0.3 is 0 Å². The molecule has 150 valence electrons. The van der Waals surface area contributed by atoms with E-state index in [9.17, 15) is 9.59 Å². The second kappa shape index (κ2) is 9.70. The molecule has 1 atom stereocenters. The van der Waals surface area contributed by atoms with Crippen LogP contribution in [0.25, 0.3) is 11.3 Å². The normalized spacial score (nSPS) is 11.4. The van der Waals surface area contributed by atoms with Crippen LogP contribution in [0.4, 0.5) is 0 Å². The minimum Gasteiger partial charge on any atom is -0.497 e. The predicted molar refractivity (Wildman–Crippen MR) is 111 cm³/mol. The van der Waals surface area contributed by atoms with E-state index in [-0.39, 0.29) is 12.3 Å². The van der Waals surface area contributed by atoms with Gasteiger partial charge in [0.15, 0.2) is 6.10 Å². The van der Waals surface area contributed by atoms with Crippen LogP contribution in [-0.2, 0) is 16.0 Å². The zero-order valence-electron chi connectivity index (χ0n) is 16.0. The van der Waals surface area contributed by atoms with E-state index in [2.05, 4.69) is 15.8 Å². The number of carbonyl (C=O) groups is 2. The van der Waals surface area contributed by atoms with E-state index in [0.29, 0.717) is 16.5 Å². The number of amides is 2. The fraction of sp³-hybridized carbons (Fsp3) is 0.190. The van der Waals surface area contributed by atoms with Crippen LogP contribution in [0.2, 0.25) is 0 Å². The highest BCUT2D eigenvalue weighted by Gasteiger charge is 2.16. The first-order chi connectivity index (χ1) is 14.0. The lowest BCUT2D eigenvalue weighted by Crippen LogP contribution is -2.47. The van der Waals surface area contributed by atoms with Gasteiger partial charge in [-0.05, 0) is 31.2 Å². The number of hydrogen-bond donors (Lipinski definition) is 2. The van der Waals surface area contributed by atoms with E-state index in [1.165, 1.54) is 11.3 Å². The first-order valence-corrected chi connectivity index (χ1v) is 9.82. The Labute approximate surface area is 172 Å². The van der Waals surface area contributed by atoms with Crippen LogP contribution in [0.15, 0.2) is 60.0 Å². The molecular formula is C21H21N3O4S. The van der Waals surface area contributed by atoms with Crippen molar-refractivity contribution in [3.05, 3.63) is 65.0 Å². The fourth-order valence-electron chi connectivity index (χ4n) is 2.46. The van der Waals surface area contributed by atoms with Crippen LogP contribution < -0.4 is 20.3 Å². The Hall–Kier alpha value is -3.39. The van der Waals surface area contributed by atoms with Crippen LogP contribution in [0.5, 0.6) is 11.5 Å². The third kappa shape index (κ3) is 5.79. The minimum atomic E-state index is -0.784. The number of hydrazine groups is 1. The largest absolute Gasteiger partial charge is 0.497 e. The molecule has 1 unspecified atom stereocenters. The fourth-order valence-corrected chi connectivity index (χ4v) is 3.26. The first kappa shape index (κ1) is 20.3. The Morgan fingerprint density at radius 3 is 2.41 bits per heavy atom. The van der Waals surface area contributed by atoms with E-state index < -0.39 is 12.0 Å². The molecule has 0 saturated heterocycles. The number of benzene rings is 2. The number of hydrogen-bond acceptors (Lipinski definition) is 6. The smallest absolute Gasteiger partial charge is 0.279 e. The van der Waals surface area contributed by atoms with Gasteiger partial charge in [-0.15, -0.1) is 11.3 Å². The molecule has 3 aromatic rings. The summed E-state index contributed by atoms with van der Waals surface area (Å²) in [5.74, 6) is 0.401. The van der Waals surface area contributed by atoms with E-state index in [1.807, 2.05) is 35.7 Å². The molecule has 0 aliphatic heterocycles. The second-order valence-corrected chi connectivity index (χ2v) is 7.08. The van der Waals surface area contributed by atoms with Gasteiger partial charge in [-0.25, -0.2) is 4.98 Å². The topological polar surface area (TPSA) is 89.5 Å². The number of nitrogens with zero attached hydrogens (tertiary/aromatic N) is 1. The molecule has 0 fully saturated rings. The van der Waals surface area contributed by atoms with Gasteiger partial charge in [-0.2, -0.15) is 0 Å². The van der Waals surface area contributed by atoms with Gasteiger partial charge in [0.2, 0.25) is 5.91 Å². The molecule has 1 aromatic heterocycles. The summed E-state index contributed by atoms with van der Waals surface area (Å²) >= 11 is 1.40. The minimum absolute atomic E-state index is 0.0749. The van der Waals surface area contributed by atoms with Gasteiger partial charge < -0.3 is 9.47 Å². The zero-order valence-corrected chi connectivity index (χ0v) is 16.9. The molecule has 29 heavy (non-hydrogen) atoms. The molecule has 1 heterocycles. The molecule has 0 radical (unpaired) electrons. The Bertz CT molecular complexity index is 958. The highest BCUT2D eigenvalue weighted by molar-refractivity contribution is 7.10. The zero-order chi connectivity index (χ0) is 20.6. The standard InChI is InChI=1S/C21H21N3O4S/c1-14(28-17-10-8-16(27-2)9-11-17)21(26)24-23-19(25)12-20-22-18(13-29-20)15-6-4-3-5-7-15/h3-11,13-14H,12H2,1-2H3,(H,23,25)(H,24,26). The van der Waals surface area contributed by atoms with E-state index in [4.69, 9.17) is 9.47 Å². The Morgan fingerprint density at radius 2 is 1.72 bits per heavy atom. The van der Waals surface area contributed by atoms with Gasteiger partial charge in [0.05, 0.1) is 19.2 Å². The van der Waals surface area contributed by atoms with Crippen molar-refractivity contribution in [1.82, 2.24) is 15.8 Å². The molecule has 0 bridgehead atoms. The van der Waals surface area contributed by atoms with Crippen molar-refractivity contribution in [2.75, 3.05) is 7.11 Å². The lowest BCUT2D eigenvalue weighted by molar-refractivity contribution is -0.132. The lowest BCUT2D eigenvalue weighted by Gasteiger charge is -2.15. The molecule has 0 aliphatic carbocycles. The summed E-state index contributed by atoms with van der Waals surface area (Å²) in [6.45, 7) is 1.60. The third-order valence-electron chi connectivity index (χ3n) is 4.00. The average Bonchev–Trinajstić information content (AvgIpc) is 3.21. The highest BCUT2D eigenvalue weighted by Crippen LogP contribution is 2.21. The number of carbonyl (C=O) groups excluding carboxylic acids is 2. The van der Waals surface area contributed by atoms with Crippen LogP contribution in [0, 0.1) is 0 Å². The van der Waals surface area contributed by atoms with Gasteiger partial charge in [0.1, 0.15) is 16.5 Å². The molecule has 8 heteroatoms. The summed E-state index contributed by atoms with van der Waals surface area (Å²) in [4.78, 5) is 28.7. The van der Waals surface area contributed by atoms with E-state index >= 15 is 0 Å².